The third-order valence-corrected chi connectivity index (χ3v) is 2.10. The van der Waals surface area contributed by atoms with Crippen LogP contribution < -0.4 is 0 Å². The fourth-order valence-corrected chi connectivity index (χ4v) is 1.45. The van der Waals surface area contributed by atoms with Gasteiger partial charge in [0.2, 0.25) is 0 Å². The molecule has 0 spiro atoms. The van der Waals surface area contributed by atoms with E-state index in [9.17, 15) is 0 Å². The molecule has 1 fully saturated rings. The van der Waals surface area contributed by atoms with Crippen LogP contribution in [-0.4, -0.2) is 37.2 Å². The molecule has 0 saturated carbocycles. The summed E-state index contributed by atoms with van der Waals surface area (Å²) in [6, 6.07) is 0.513. The van der Waals surface area contributed by atoms with Crippen molar-refractivity contribution in [3.05, 3.63) is 25.3 Å². The normalized spacial score (nSPS) is 24.0. The summed E-state index contributed by atoms with van der Waals surface area (Å²) in [5, 5.41) is 0. The van der Waals surface area contributed by atoms with Gasteiger partial charge in [-0.15, -0.1) is 13.2 Å². The van der Waals surface area contributed by atoms with Crippen molar-refractivity contribution in [3.8, 4) is 0 Å². The number of hydrogen-bond donors (Lipinski definition) is 0. The van der Waals surface area contributed by atoms with E-state index in [0.29, 0.717) is 6.04 Å². The van der Waals surface area contributed by atoms with Crippen LogP contribution in [0.5, 0.6) is 0 Å². The highest BCUT2D eigenvalue weighted by Crippen LogP contribution is 2.06. The molecule has 0 aromatic carbocycles. The summed E-state index contributed by atoms with van der Waals surface area (Å²) in [4.78, 5) is 2.43. The van der Waals surface area contributed by atoms with E-state index >= 15 is 0 Å². The van der Waals surface area contributed by atoms with Crippen LogP contribution in [0.1, 0.15) is 13.8 Å². The number of hydrogen-bond acceptors (Lipinski definition) is 2. The SMILES string of the molecule is C/C=C/C1COCCN1CC.C=C. The number of ether oxygens (including phenoxy) is 1. The van der Waals surface area contributed by atoms with Crippen LogP contribution in [0.2, 0.25) is 0 Å². The van der Waals surface area contributed by atoms with Crippen molar-refractivity contribution in [2.75, 3.05) is 26.3 Å². The predicted octanol–water partition coefficient (Wildman–Crippen LogP) is 2.09. The molecule has 0 amide bonds. The van der Waals surface area contributed by atoms with Gasteiger partial charge in [0.1, 0.15) is 0 Å². The minimum absolute atomic E-state index is 0.513. The maximum Gasteiger partial charge on any atom is 0.0658 e. The lowest BCUT2D eigenvalue weighted by Gasteiger charge is -2.32. The van der Waals surface area contributed by atoms with Gasteiger partial charge in [-0.1, -0.05) is 19.1 Å². The molecule has 2 heteroatoms. The zero-order valence-electron chi connectivity index (χ0n) is 8.83. The molecule has 1 aliphatic rings. The van der Waals surface area contributed by atoms with Crippen LogP contribution >= 0.6 is 0 Å². The molecule has 0 aromatic rings. The first-order valence-electron chi connectivity index (χ1n) is 4.83. The van der Waals surface area contributed by atoms with Crippen molar-refractivity contribution in [1.29, 1.82) is 0 Å². The van der Waals surface area contributed by atoms with Gasteiger partial charge >= 0.3 is 0 Å². The monoisotopic (exact) mass is 183 g/mol. The first-order chi connectivity index (χ1) is 6.38. The smallest absolute Gasteiger partial charge is 0.0658 e. The molecule has 1 rings (SSSR count). The van der Waals surface area contributed by atoms with E-state index in [1.54, 1.807) is 0 Å². The van der Waals surface area contributed by atoms with Crippen molar-refractivity contribution >= 4 is 0 Å². The summed E-state index contributed by atoms with van der Waals surface area (Å²) in [6.45, 7) is 14.2. The first-order valence-corrected chi connectivity index (χ1v) is 4.83. The number of rotatable bonds is 2. The fourth-order valence-electron chi connectivity index (χ4n) is 1.45. The molecule has 13 heavy (non-hydrogen) atoms. The van der Waals surface area contributed by atoms with Crippen molar-refractivity contribution in [2.24, 2.45) is 0 Å². The first kappa shape index (κ1) is 12.4. The molecule has 76 valence electrons. The number of nitrogens with zero attached hydrogens (tertiary/aromatic N) is 1. The summed E-state index contributed by atoms with van der Waals surface area (Å²) >= 11 is 0. The maximum atomic E-state index is 5.37. The Morgan fingerprint density at radius 1 is 1.54 bits per heavy atom. The second kappa shape index (κ2) is 8.02. The van der Waals surface area contributed by atoms with E-state index in [1.807, 2.05) is 0 Å². The minimum atomic E-state index is 0.513. The molecule has 1 atom stereocenters. The number of likely N-dealkylation sites (N-methyl/N-ethyl adjacent to an activating group) is 1. The third-order valence-electron chi connectivity index (χ3n) is 2.10. The average molecular weight is 183 g/mol. The quantitative estimate of drug-likeness (QED) is 0.608. The van der Waals surface area contributed by atoms with Crippen LogP contribution in [0.25, 0.3) is 0 Å². The highest BCUT2D eigenvalue weighted by molar-refractivity contribution is 4.93. The lowest BCUT2D eigenvalue weighted by atomic mass is 10.2. The molecule has 0 radical (unpaired) electrons. The summed E-state index contributed by atoms with van der Waals surface area (Å²) in [5.74, 6) is 0. The number of morpholine rings is 1. The Morgan fingerprint density at radius 3 is 2.77 bits per heavy atom. The molecule has 0 N–H and O–H groups in total. The van der Waals surface area contributed by atoms with Crippen LogP contribution in [0, 0.1) is 0 Å². The molecule has 0 bridgehead atoms. The lowest BCUT2D eigenvalue weighted by Crippen LogP contribution is -2.43. The minimum Gasteiger partial charge on any atom is -0.378 e. The Labute approximate surface area is 81.9 Å². The van der Waals surface area contributed by atoms with Gasteiger partial charge in [0.05, 0.1) is 19.3 Å². The summed E-state index contributed by atoms with van der Waals surface area (Å²) in [5.41, 5.74) is 0. The molecule has 0 aliphatic carbocycles. The highest BCUT2D eigenvalue weighted by atomic mass is 16.5. The fraction of sp³-hybridized carbons (Fsp3) is 0.636. The van der Waals surface area contributed by atoms with Crippen LogP contribution in [-0.2, 0) is 4.74 Å². The summed E-state index contributed by atoms with van der Waals surface area (Å²) in [7, 11) is 0. The van der Waals surface area contributed by atoms with E-state index in [1.165, 1.54) is 0 Å². The van der Waals surface area contributed by atoms with Crippen LogP contribution in [0.4, 0.5) is 0 Å². The number of allylic oxidation sites excluding steroid dienone is 1. The van der Waals surface area contributed by atoms with E-state index in [-0.39, 0.29) is 0 Å². The Balaban J connectivity index is 0.000000671. The van der Waals surface area contributed by atoms with E-state index in [0.717, 1.165) is 26.3 Å². The van der Waals surface area contributed by atoms with Crippen molar-refractivity contribution in [2.45, 2.75) is 19.9 Å². The topological polar surface area (TPSA) is 12.5 Å². The molecule has 1 heterocycles. The third kappa shape index (κ3) is 4.25. The van der Waals surface area contributed by atoms with Crippen molar-refractivity contribution in [3.63, 3.8) is 0 Å². The van der Waals surface area contributed by atoms with Crippen LogP contribution in [0.15, 0.2) is 25.3 Å². The standard InChI is InChI=1S/C9H17NO.C2H4/c1-3-5-9-8-11-7-6-10(9)4-2;1-2/h3,5,9H,4,6-8H2,1-2H3;1-2H2/b5-3+;. The Bertz CT molecular complexity index is 145. The predicted molar refractivity (Wildman–Crippen MR) is 57.9 cm³/mol. The molecular weight excluding hydrogens is 162 g/mol. The van der Waals surface area contributed by atoms with Gasteiger partial charge in [-0.3, -0.25) is 4.90 Å². The summed E-state index contributed by atoms with van der Waals surface area (Å²) in [6.07, 6.45) is 4.31. The lowest BCUT2D eigenvalue weighted by molar-refractivity contribution is 0.0129. The van der Waals surface area contributed by atoms with Crippen molar-refractivity contribution in [1.82, 2.24) is 4.90 Å². The molecule has 0 aromatic heterocycles. The van der Waals surface area contributed by atoms with E-state index < -0.39 is 0 Å². The Kier molecular flexibility index (Phi) is 7.65. The van der Waals surface area contributed by atoms with Crippen LogP contribution in [0.3, 0.4) is 0 Å². The van der Waals surface area contributed by atoms with Gasteiger partial charge in [0.15, 0.2) is 0 Å². The average Bonchev–Trinajstić information content (AvgIpc) is 2.22. The summed E-state index contributed by atoms with van der Waals surface area (Å²) < 4.78 is 5.37. The zero-order valence-corrected chi connectivity index (χ0v) is 8.83. The van der Waals surface area contributed by atoms with Gasteiger partial charge in [-0.25, -0.2) is 0 Å². The molecule has 1 saturated heterocycles. The second-order valence-electron chi connectivity index (χ2n) is 2.80. The van der Waals surface area contributed by atoms with E-state index in [4.69, 9.17) is 4.74 Å². The van der Waals surface area contributed by atoms with Gasteiger partial charge in [-0.05, 0) is 13.5 Å². The van der Waals surface area contributed by atoms with Gasteiger partial charge in [-0.2, -0.15) is 0 Å². The highest BCUT2D eigenvalue weighted by Gasteiger charge is 2.17. The maximum absolute atomic E-state index is 5.37. The molecule has 1 aliphatic heterocycles. The molecular formula is C11H21NO. The van der Waals surface area contributed by atoms with Gasteiger partial charge in [0, 0.05) is 6.54 Å². The van der Waals surface area contributed by atoms with E-state index in [2.05, 4.69) is 44.1 Å². The van der Waals surface area contributed by atoms with Gasteiger partial charge < -0.3 is 4.74 Å². The largest absolute Gasteiger partial charge is 0.378 e. The zero-order chi connectivity index (χ0) is 10.1. The van der Waals surface area contributed by atoms with Gasteiger partial charge in [0.25, 0.3) is 0 Å². The molecule has 1 unspecified atom stereocenters. The van der Waals surface area contributed by atoms with Crippen molar-refractivity contribution < 1.29 is 4.74 Å². The molecule has 2 nitrogen and oxygen atoms in total. The Hall–Kier alpha value is -0.600. The Morgan fingerprint density at radius 2 is 2.23 bits per heavy atom. The second-order valence-corrected chi connectivity index (χ2v) is 2.80.